The third-order valence-electron chi connectivity index (χ3n) is 9.01. The van der Waals surface area contributed by atoms with E-state index in [0.29, 0.717) is 12.0 Å². The van der Waals surface area contributed by atoms with E-state index in [4.69, 9.17) is 4.74 Å². The van der Waals surface area contributed by atoms with Crippen molar-refractivity contribution in [2.45, 2.75) is 85.0 Å². The smallest absolute Gasteiger partial charge is 0.330 e. The van der Waals surface area contributed by atoms with Gasteiger partial charge in [0.2, 0.25) is 0 Å². The van der Waals surface area contributed by atoms with Crippen LogP contribution in [0.5, 0.6) is 0 Å². The third-order valence-corrected chi connectivity index (χ3v) is 9.01. The number of ether oxygens (including phenoxy) is 1. The third kappa shape index (κ3) is 2.70. The Labute approximate surface area is 153 Å². The maximum Gasteiger partial charge on any atom is 0.330 e. The largest absolute Gasteiger partial charge is 0.463 e. The monoisotopic (exact) mass is 344 g/mol. The fraction of sp³-hybridized carbons (Fsp3) is 0.870. The summed E-state index contributed by atoms with van der Waals surface area (Å²) in [6, 6.07) is 0. The molecule has 0 bridgehead atoms. The molecule has 0 aliphatic heterocycles. The van der Waals surface area contributed by atoms with Crippen molar-refractivity contribution >= 4 is 5.97 Å². The topological polar surface area (TPSA) is 26.3 Å². The van der Waals surface area contributed by atoms with Crippen molar-refractivity contribution < 1.29 is 9.53 Å². The predicted octanol–water partition coefficient (Wildman–Crippen LogP) is 5.91. The molecule has 0 aromatic rings. The van der Waals surface area contributed by atoms with Crippen molar-refractivity contribution in [1.29, 1.82) is 0 Å². The summed E-state index contributed by atoms with van der Waals surface area (Å²) in [7, 11) is 0. The summed E-state index contributed by atoms with van der Waals surface area (Å²) in [5.41, 5.74) is 2.26. The van der Waals surface area contributed by atoms with E-state index in [1.54, 1.807) is 0 Å². The molecule has 4 fully saturated rings. The number of allylic oxidation sites excluding steroid dienone is 1. The molecule has 0 N–H and O–H groups in total. The van der Waals surface area contributed by atoms with Crippen LogP contribution in [-0.4, -0.2) is 12.6 Å². The zero-order valence-electron chi connectivity index (χ0n) is 16.5. The highest BCUT2D eigenvalue weighted by Crippen LogP contribution is 2.67. The molecule has 4 saturated carbocycles. The molecule has 0 unspecified atom stereocenters. The molecule has 0 spiro atoms. The van der Waals surface area contributed by atoms with E-state index in [2.05, 4.69) is 13.8 Å². The van der Waals surface area contributed by atoms with Gasteiger partial charge >= 0.3 is 5.97 Å². The van der Waals surface area contributed by atoms with Crippen molar-refractivity contribution in [2.75, 3.05) is 6.61 Å². The highest BCUT2D eigenvalue weighted by molar-refractivity contribution is 5.83. The van der Waals surface area contributed by atoms with E-state index in [1.807, 2.05) is 13.0 Å². The highest BCUT2D eigenvalue weighted by atomic mass is 16.5. The number of carbonyl (C=O) groups excluding carboxylic acids is 1. The summed E-state index contributed by atoms with van der Waals surface area (Å²) in [6.07, 6.45) is 15.7. The Bertz CT molecular complexity index is 564. The van der Waals surface area contributed by atoms with Gasteiger partial charge in [0.25, 0.3) is 0 Å². The molecule has 6 atom stereocenters. The average Bonchev–Trinajstić information content (AvgIpc) is 2.91. The van der Waals surface area contributed by atoms with Crippen LogP contribution in [0, 0.1) is 34.5 Å². The molecule has 0 heterocycles. The Morgan fingerprint density at radius 3 is 2.72 bits per heavy atom. The van der Waals surface area contributed by atoms with Gasteiger partial charge in [0.05, 0.1) is 6.61 Å². The van der Waals surface area contributed by atoms with Crippen molar-refractivity contribution in [3.63, 3.8) is 0 Å². The van der Waals surface area contributed by atoms with E-state index >= 15 is 0 Å². The molecule has 0 aromatic carbocycles. The molecule has 4 aliphatic carbocycles. The van der Waals surface area contributed by atoms with Gasteiger partial charge in [-0.1, -0.05) is 32.3 Å². The summed E-state index contributed by atoms with van der Waals surface area (Å²) in [4.78, 5) is 12.0. The summed E-state index contributed by atoms with van der Waals surface area (Å²) in [5.74, 6) is 3.50. The lowest BCUT2D eigenvalue weighted by Gasteiger charge is -2.60. The summed E-state index contributed by atoms with van der Waals surface area (Å²) in [6.45, 7) is 7.47. The summed E-state index contributed by atoms with van der Waals surface area (Å²) >= 11 is 0. The van der Waals surface area contributed by atoms with Crippen LogP contribution in [0.1, 0.15) is 85.0 Å². The summed E-state index contributed by atoms with van der Waals surface area (Å²) < 4.78 is 5.21. The fourth-order valence-corrected chi connectivity index (χ4v) is 7.71. The minimum absolute atomic E-state index is 0.121. The Morgan fingerprint density at radius 1 is 1.08 bits per heavy atom. The van der Waals surface area contributed by atoms with Gasteiger partial charge in [0.15, 0.2) is 0 Å². The lowest BCUT2D eigenvalue weighted by molar-refractivity contribution is -0.137. The molecule has 25 heavy (non-hydrogen) atoms. The standard InChI is InChI=1S/C23H36O2/c1-4-25-21(24)15-17-9-11-19-18-10-8-16-7-5-6-13-22(16,2)20(18)12-14-23(17,19)3/h15-16,18-20H,4-14H2,1-3H3/b17-15+/t16-,18+,19+,20+,22+,23-/m1/s1. The van der Waals surface area contributed by atoms with Crippen molar-refractivity contribution in [3.8, 4) is 0 Å². The van der Waals surface area contributed by atoms with Gasteiger partial charge < -0.3 is 4.74 Å². The van der Waals surface area contributed by atoms with Gasteiger partial charge in [0, 0.05) is 6.08 Å². The molecule has 4 rings (SSSR count). The van der Waals surface area contributed by atoms with Crippen molar-refractivity contribution in [2.24, 2.45) is 34.5 Å². The quantitative estimate of drug-likeness (QED) is 0.460. The Kier molecular flexibility index (Phi) is 4.53. The van der Waals surface area contributed by atoms with E-state index in [1.165, 1.54) is 63.4 Å². The van der Waals surface area contributed by atoms with Gasteiger partial charge in [-0.2, -0.15) is 0 Å². The molecule has 140 valence electrons. The Morgan fingerprint density at radius 2 is 1.92 bits per heavy atom. The number of fused-ring (bicyclic) bond motifs is 5. The van der Waals surface area contributed by atoms with Crippen LogP contribution in [-0.2, 0) is 9.53 Å². The van der Waals surface area contributed by atoms with Crippen LogP contribution < -0.4 is 0 Å². The van der Waals surface area contributed by atoms with Gasteiger partial charge in [-0.05, 0) is 92.8 Å². The fourth-order valence-electron chi connectivity index (χ4n) is 7.71. The van der Waals surface area contributed by atoms with Crippen LogP contribution in [0.15, 0.2) is 11.6 Å². The van der Waals surface area contributed by atoms with Crippen molar-refractivity contribution in [1.82, 2.24) is 0 Å². The van der Waals surface area contributed by atoms with Crippen LogP contribution in [0.3, 0.4) is 0 Å². The number of rotatable bonds is 2. The molecule has 2 nitrogen and oxygen atoms in total. The number of hydrogen-bond acceptors (Lipinski definition) is 2. The lowest BCUT2D eigenvalue weighted by Crippen LogP contribution is -2.52. The second-order valence-electron chi connectivity index (χ2n) is 9.82. The first-order chi connectivity index (χ1) is 12.0. The maximum atomic E-state index is 12.0. The minimum atomic E-state index is -0.121. The molecule has 2 heteroatoms. The molecular formula is C23H36O2. The normalized spacial score (nSPS) is 47.7. The SMILES string of the molecule is CCOC(=O)/C=C1\CC[C@H]2[C@@H]3CC[C@H]4CCCC[C@]4(C)[C@H]3CC[C@]12C. The second-order valence-corrected chi connectivity index (χ2v) is 9.82. The van der Waals surface area contributed by atoms with E-state index in [-0.39, 0.29) is 11.4 Å². The van der Waals surface area contributed by atoms with Gasteiger partial charge in [-0.3, -0.25) is 0 Å². The van der Waals surface area contributed by atoms with E-state index in [0.717, 1.165) is 30.1 Å². The first kappa shape index (κ1) is 17.6. The number of carbonyl (C=O) groups is 1. The second kappa shape index (κ2) is 6.43. The Balaban J connectivity index is 1.58. The first-order valence-corrected chi connectivity index (χ1v) is 10.9. The molecule has 4 aliphatic rings. The molecule has 0 saturated heterocycles. The van der Waals surface area contributed by atoms with Crippen LogP contribution in [0.25, 0.3) is 0 Å². The number of esters is 1. The number of hydrogen-bond donors (Lipinski definition) is 0. The summed E-state index contributed by atoms with van der Waals surface area (Å²) in [5, 5.41) is 0. The van der Waals surface area contributed by atoms with E-state index in [9.17, 15) is 4.79 Å². The molecule has 0 aromatic heterocycles. The van der Waals surface area contributed by atoms with Crippen LogP contribution in [0.2, 0.25) is 0 Å². The highest BCUT2D eigenvalue weighted by Gasteiger charge is 2.58. The first-order valence-electron chi connectivity index (χ1n) is 10.9. The van der Waals surface area contributed by atoms with Crippen LogP contribution in [0.4, 0.5) is 0 Å². The van der Waals surface area contributed by atoms with Gasteiger partial charge in [0.1, 0.15) is 0 Å². The zero-order valence-corrected chi connectivity index (χ0v) is 16.5. The predicted molar refractivity (Wildman–Crippen MR) is 101 cm³/mol. The molecule has 0 amide bonds. The lowest BCUT2D eigenvalue weighted by atomic mass is 9.45. The average molecular weight is 345 g/mol. The van der Waals surface area contributed by atoms with Gasteiger partial charge in [-0.25, -0.2) is 4.79 Å². The van der Waals surface area contributed by atoms with Crippen LogP contribution >= 0.6 is 0 Å². The van der Waals surface area contributed by atoms with Gasteiger partial charge in [-0.15, -0.1) is 0 Å². The van der Waals surface area contributed by atoms with E-state index < -0.39 is 0 Å². The molecular weight excluding hydrogens is 308 g/mol. The molecule has 0 radical (unpaired) electrons. The zero-order chi connectivity index (χ0) is 17.7. The van der Waals surface area contributed by atoms with Crippen molar-refractivity contribution in [3.05, 3.63) is 11.6 Å². The maximum absolute atomic E-state index is 12.0. The Hall–Kier alpha value is -0.790. The minimum Gasteiger partial charge on any atom is -0.463 e.